The standard InChI is InChI=1S/C15H28N2O2/c1-6-8-9-11(13(16)18)12(10-15(3,4)5)14(19)17-7-2/h6,11-12H,1,7-10H2,2-5H3,(H2,16,18)(H,17,19)/t11-,12?/m0/s1. The first-order chi connectivity index (χ1) is 8.72. The van der Waals surface area contributed by atoms with Crippen LogP contribution in [0.3, 0.4) is 0 Å². The van der Waals surface area contributed by atoms with Gasteiger partial charge in [0, 0.05) is 18.4 Å². The SMILES string of the molecule is C=CCC[C@H](C(N)=O)C(CC(C)(C)C)C(=O)NCC. The van der Waals surface area contributed by atoms with Gasteiger partial charge in [-0.05, 0) is 31.6 Å². The third kappa shape index (κ3) is 6.99. The molecule has 0 saturated carbocycles. The Morgan fingerprint density at radius 1 is 1.32 bits per heavy atom. The number of nitrogens with two attached hydrogens (primary N) is 1. The number of carbonyl (C=O) groups is 2. The Morgan fingerprint density at radius 2 is 1.89 bits per heavy atom. The van der Waals surface area contributed by atoms with E-state index < -0.39 is 11.8 Å². The van der Waals surface area contributed by atoms with Gasteiger partial charge in [-0.15, -0.1) is 6.58 Å². The van der Waals surface area contributed by atoms with Gasteiger partial charge in [0.2, 0.25) is 11.8 Å². The lowest BCUT2D eigenvalue weighted by Crippen LogP contribution is -2.42. The minimum Gasteiger partial charge on any atom is -0.369 e. The van der Waals surface area contributed by atoms with Gasteiger partial charge < -0.3 is 11.1 Å². The summed E-state index contributed by atoms with van der Waals surface area (Å²) in [7, 11) is 0. The highest BCUT2D eigenvalue weighted by molar-refractivity contribution is 5.86. The summed E-state index contributed by atoms with van der Waals surface area (Å²) in [6.07, 6.45) is 3.66. The van der Waals surface area contributed by atoms with Crippen molar-refractivity contribution in [1.29, 1.82) is 0 Å². The Labute approximate surface area is 116 Å². The van der Waals surface area contributed by atoms with Crippen LogP contribution in [0.5, 0.6) is 0 Å². The van der Waals surface area contributed by atoms with Crippen molar-refractivity contribution < 1.29 is 9.59 Å². The highest BCUT2D eigenvalue weighted by Crippen LogP contribution is 2.31. The molecule has 0 fully saturated rings. The van der Waals surface area contributed by atoms with E-state index in [2.05, 4.69) is 32.7 Å². The molecular formula is C15H28N2O2. The Hall–Kier alpha value is -1.32. The largest absolute Gasteiger partial charge is 0.369 e. The average Bonchev–Trinajstić information content (AvgIpc) is 2.26. The van der Waals surface area contributed by atoms with Gasteiger partial charge in [0.15, 0.2) is 0 Å². The molecule has 4 heteroatoms. The molecule has 110 valence electrons. The predicted molar refractivity (Wildman–Crippen MR) is 78.4 cm³/mol. The molecule has 0 saturated heterocycles. The second kappa shape index (κ2) is 7.97. The number of carbonyl (C=O) groups excluding carboxylic acids is 2. The van der Waals surface area contributed by atoms with Gasteiger partial charge in [0.1, 0.15) is 0 Å². The molecule has 0 heterocycles. The maximum atomic E-state index is 12.2. The summed E-state index contributed by atoms with van der Waals surface area (Å²) in [5, 5.41) is 2.81. The lowest BCUT2D eigenvalue weighted by molar-refractivity contribution is -0.134. The zero-order chi connectivity index (χ0) is 15.1. The van der Waals surface area contributed by atoms with Crippen molar-refractivity contribution >= 4 is 11.8 Å². The summed E-state index contributed by atoms with van der Waals surface area (Å²) in [5.41, 5.74) is 5.45. The van der Waals surface area contributed by atoms with Crippen molar-refractivity contribution in [2.45, 2.75) is 47.0 Å². The van der Waals surface area contributed by atoms with Crippen molar-refractivity contribution in [2.75, 3.05) is 6.54 Å². The Kier molecular flexibility index (Phi) is 7.42. The van der Waals surface area contributed by atoms with Crippen LogP contribution in [0.2, 0.25) is 0 Å². The molecule has 4 nitrogen and oxygen atoms in total. The van der Waals surface area contributed by atoms with Crippen LogP contribution in [-0.4, -0.2) is 18.4 Å². The maximum absolute atomic E-state index is 12.2. The van der Waals surface area contributed by atoms with Crippen LogP contribution in [0.1, 0.15) is 47.0 Å². The minimum absolute atomic E-state index is 0.0301. The molecule has 0 radical (unpaired) electrons. The van der Waals surface area contributed by atoms with Crippen LogP contribution in [0.4, 0.5) is 0 Å². The summed E-state index contributed by atoms with van der Waals surface area (Å²) in [4.78, 5) is 23.8. The van der Waals surface area contributed by atoms with Crippen LogP contribution >= 0.6 is 0 Å². The molecule has 2 amide bonds. The van der Waals surface area contributed by atoms with Crippen LogP contribution in [0.25, 0.3) is 0 Å². The smallest absolute Gasteiger partial charge is 0.223 e. The van der Waals surface area contributed by atoms with Crippen LogP contribution < -0.4 is 11.1 Å². The predicted octanol–water partition coefficient (Wildman–Crippen LogP) is 2.24. The minimum atomic E-state index is -0.427. The fraction of sp³-hybridized carbons (Fsp3) is 0.733. The number of allylic oxidation sites excluding steroid dienone is 1. The quantitative estimate of drug-likeness (QED) is 0.663. The second-order valence-corrected chi connectivity index (χ2v) is 6.14. The number of hydrogen-bond donors (Lipinski definition) is 2. The fourth-order valence-corrected chi connectivity index (χ4v) is 2.22. The molecule has 3 N–H and O–H groups in total. The number of hydrogen-bond acceptors (Lipinski definition) is 2. The van der Waals surface area contributed by atoms with E-state index in [1.165, 1.54) is 0 Å². The molecule has 2 atom stereocenters. The first-order valence-corrected chi connectivity index (χ1v) is 6.90. The molecule has 0 bridgehead atoms. The number of rotatable bonds is 8. The first-order valence-electron chi connectivity index (χ1n) is 6.90. The molecular weight excluding hydrogens is 240 g/mol. The highest BCUT2D eigenvalue weighted by Gasteiger charge is 2.34. The summed E-state index contributed by atoms with van der Waals surface area (Å²) >= 11 is 0. The lowest BCUT2D eigenvalue weighted by atomic mass is 9.76. The topological polar surface area (TPSA) is 72.2 Å². The number of nitrogens with one attached hydrogen (secondary N) is 1. The number of amides is 2. The fourth-order valence-electron chi connectivity index (χ4n) is 2.22. The zero-order valence-electron chi connectivity index (χ0n) is 12.7. The van der Waals surface area contributed by atoms with Crippen molar-refractivity contribution in [3.63, 3.8) is 0 Å². The van der Waals surface area contributed by atoms with E-state index in [1.807, 2.05) is 6.92 Å². The summed E-state index contributed by atoms with van der Waals surface area (Å²) in [6, 6.07) is 0. The van der Waals surface area contributed by atoms with Gasteiger partial charge >= 0.3 is 0 Å². The van der Waals surface area contributed by atoms with Crippen molar-refractivity contribution in [3.05, 3.63) is 12.7 Å². The Balaban J connectivity index is 5.08. The van der Waals surface area contributed by atoms with Crippen molar-refractivity contribution in [3.8, 4) is 0 Å². The first kappa shape index (κ1) is 17.7. The molecule has 0 aliphatic heterocycles. The van der Waals surface area contributed by atoms with Crippen molar-refractivity contribution in [2.24, 2.45) is 23.0 Å². The summed E-state index contributed by atoms with van der Waals surface area (Å²) < 4.78 is 0. The molecule has 0 aliphatic rings. The summed E-state index contributed by atoms with van der Waals surface area (Å²) in [5.74, 6) is -1.27. The third-order valence-corrected chi connectivity index (χ3v) is 3.05. The van der Waals surface area contributed by atoms with E-state index >= 15 is 0 Å². The van der Waals surface area contributed by atoms with Crippen LogP contribution in [-0.2, 0) is 9.59 Å². The molecule has 19 heavy (non-hydrogen) atoms. The van der Waals surface area contributed by atoms with Gasteiger partial charge in [-0.1, -0.05) is 26.8 Å². The molecule has 0 aromatic carbocycles. The molecule has 0 rings (SSSR count). The zero-order valence-corrected chi connectivity index (χ0v) is 12.7. The normalized spacial score (nSPS) is 14.5. The monoisotopic (exact) mass is 268 g/mol. The number of primary amides is 1. The van der Waals surface area contributed by atoms with Gasteiger partial charge in [0.05, 0.1) is 0 Å². The van der Waals surface area contributed by atoms with E-state index in [-0.39, 0.29) is 17.2 Å². The van der Waals surface area contributed by atoms with Crippen LogP contribution in [0, 0.1) is 17.3 Å². The third-order valence-electron chi connectivity index (χ3n) is 3.05. The summed E-state index contributed by atoms with van der Waals surface area (Å²) in [6.45, 7) is 12.3. The van der Waals surface area contributed by atoms with Crippen molar-refractivity contribution in [1.82, 2.24) is 5.32 Å². The van der Waals surface area contributed by atoms with E-state index in [9.17, 15) is 9.59 Å². The molecule has 0 aromatic rings. The Morgan fingerprint density at radius 3 is 2.26 bits per heavy atom. The van der Waals surface area contributed by atoms with E-state index in [4.69, 9.17) is 5.73 Å². The maximum Gasteiger partial charge on any atom is 0.223 e. The molecule has 0 aromatic heterocycles. The molecule has 0 aliphatic carbocycles. The Bertz CT molecular complexity index is 319. The van der Waals surface area contributed by atoms with E-state index in [1.54, 1.807) is 6.08 Å². The second-order valence-electron chi connectivity index (χ2n) is 6.14. The average molecular weight is 268 g/mol. The molecule has 1 unspecified atom stereocenters. The van der Waals surface area contributed by atoms with Gasteiger partial charge in [-0.25, -0.2) is 0 Å². The van der Waals surface area contributed by atoms with Crippen LogP contribution in [0.15, 0.2) is 12.7 Å². The molecule has 0 spiro atoms. The highest BCUT2D eigenvalue weighted by atomic mass is 16.2. The van der Waals surface area contributed by atoms with E-state index in [0.29, 0.717) is 25.8 Å². The lowest BCUT2D eigenvalue weighted by Gasteiger charge is -2.29. The van der Waals surface area contributed by atoms with E-state index in [0.717, 1.165) is 0 Å². The van der Waals surface area contributed by atoms with Gasteiger partial charge in [-0.3, -0.25) is 9.59 Å². The van der Waals surface area contributed by atoms with Gasteiger partial charge in [-0.2, -0.15) is 0 Å². The van der Waals surface area contributed by atoms with Gasteiger partial charge in [0.25, 0.3) is 0 Å².